The number of aliphatic hydroxyl groups is 2. The average molecular weight is 435 g/mol. The molecule has 2 aliphatic heterocycles. The van der Waals surface area contributed by atoms with Crippen LogP contribution in [0, 0.1) is 0 Å². The Bertz CT molecular complexity index is 895. The minimum absolute atomic E-state index is 0.0363. The lowest BCUT2D eigenvalue weighted by Gasteiger charge is -2.26. The van der Waals surface area contributed by atoms with Gasteiger partial charge in [-0.25, -0.2) is 0 Å². The van der Waals surface area contributed by atoms with Gasteiger partial charge in [0.05, 0.1) is 23.8 Å². The second-order valence-corrected chi connectivity index (χ2v) is 7.29. The molecule has 0 radical (unpaired) electrons. The van der Waals surface area contributed by atoms with Crippen LogP contribution in [-0.2, 0) is 10.5 Å². The first-order valence-electron chi connectivity index (χ1n) is 10.0. The molecule has 30 heavy (non-hydrogen) atoms. The monoisotopic (exact) mass is 434 g/mol. The highest BCUT2D eigenvalue weighted by atomic mass is 35.5. The molecule has 1 unspecified atom stereocenters. The molecule has 162 valence electrons. The van der Waals surface area contributed by atoms with Gasteiger partial charge in [-0.15, -0.1) is 0 Å². The van der Waals surface area contributed by atoms with Crippen molar-refractivity contribution in [3.05, 3.63) is 52.5 Å². The molecule has 0 bridgehead atoms. The molecule has 4 rings (SSSR count). The molecule has 2 aliphatic rings. The summed E-state index contributed by atoms with van der Waals surface area (Å²) in [6.07, 6.45) is -0.983. The summed E-state index contributed by atoms with van der Waals surface area (Å²) in [6, 6.07) is 10.4. The van der Waals surface area contributed by atoms with Crippen LogP contribution >= 0.6 is 11.6 Å². The summed E-state index contributed by atoms with van der Waals surface area (Å²) < 4.78 is 10.8. The van der Waals surface area contributed by atoms with Crippen LogP contribution in [0.2, 0.25) is 5.02 Å². The predicted octanol–water partition coefficient (Wildman–Crippen LogP) is 2.36. The fraction of sp³-hybridized carbons (Fsp3) is 0.409. The van der Waals surface area contributed by atoms with Crippen molar-refractivity contribution in [1.82, 2.24) is 4.90 Å². The molecule has 2 aromatic rings. The first kappa shape index (κ1) is 22.5. The van der Waals surface area contributed by atoms with Gasteiger partial charge < -0.3 is 30.3 Å². The van der Waals surface area contributed by atoms with Gasteiger partial charge in [-0.1, -0.05) is 37.6 Å². The zero-order chi connectivity index (χ0) is 21.9. The number of hydrogen-bond donors (Lipinski definition) is 3. The van der Waals surface area contributed by atoms with Crippen molar-refractivity contribution in [3.63, 3.8) is 0 Å². The Morgan fingerprint density at radius 1 is 1.17 bits per heavy atom. The molecule has 1 amide bonds. The van der Waals surface area contributed by atoms with E-state index < -0.39 is 11.9 Å². The molecule has 2 heterocycles. The highest BCUT2D eigenvalue weighted by molar-refractivity contribution is 6.32. The van der Waals surface area contributed by atoms with E-state index in [2.05, 4.69) is 0 Å². The van der Waals surface area contributed by atoms with E-state index in [1.807, 2.05) is 13.8 Å². The van der Waals surface area contributed by atoms with E-state index in [0.29, 0.717) is 37.4 Å². The molecule has 0 saturated carbocycles. The van der Waals surface area contributed by atoms with Gasteiger partial charge in [0, 0.05) is 25.2 Å². The lowest BCUT2D eigenvalue weighted by molar-refractivity contribution is -0.205. The van der Waals surface area contributed by atoms with Crippen molar-refractivity contribution >= 4 is 17.5 Å². The number of ether oxygens (including phenoxy) is 2. The van der Waals surface area contributed by atoms with Crippen LogP contribution in [-0.4, -0.2) is 60.0 Å². The van der Waals surface area contributed by atoms with E-state index in [0.717, 1.165) is 5.56 Å². The predicted molar refractivity (Wildman–Crippen MR) is 115 cm³/mol. The summed E-state index contributed by atoms with van der Waals surface area (Å²) in [5, 5.41) is 21.1. The fourth-order valence-electron chi connectivity index (χ4n) is 3.52. The molecule has 1 fully saturated rings. The second kappa shape index (κ2) is 9.32. The SMILES string of the molecule is CC.NCC1Oc2c(Cl)cc(-c3ccc(C(=O)N4CCOCC4)cc3)cc2C1(O)O. The van der Waals surface area contributed by atoms with Gasteiger partial charge in [0.1, 0.15) is 5.75 Å². The Morgan fingerprint density at radius 3 is 2.40 bits per heavy atom. The van der Waals surface area contributed by atoms with Crippen LogP contribution in [0.25, 0.3) is 11.1 Å². The van der Waals surface area contributed by atoms with Crippen LogP contribution in [0.1, 0.15) is 29.8 Å². The topological polar surface area (TPSA) is 105 Å². The molecule has 0 aromatic heterocycles. The number of morpholine rings is 1. The van der Waals surface area contributed by atoms with E-state index in [1.165, 1.54) is 0 Å². The average Bonchev–Trinajstić information content (AvgIpc) is 3.05. The van der Waals surface area contributed by atoms with Crippen LogP contribution in [0.3, 0.4) is 0 Å². The van der Waals surface area contributed by atoms with Crippen molar-refractivity contribution in [3.8, 4) is 16.9 Å². The van der Waals surface area contributed by atoms with Crippen molar-refractivity contribution in [2.75, 3.05) is 32.8 Å². The Kier molecular flexibility index (Phi) is 7.00. The Morgan fingerprint density at radius 2 is 1.80 bits per heavy atom. The molecular formula is C22H27ClN2O5. The van der Waals surface area contributed by atoms with E-state index in [9.17, 15) is 15.0 Å². The highest BCUT2D eigenvalue weighted by Crippen LogP contribution is 2.46. The van der Waals surface area contributed by atoms with Crippen molar-refractivity contribution < 1.29 is 24.5 Å². The maximum Gasteiger partial charge on any atom is 0.254 e. The van der Waals surface area contributed by atoms with Gasteiger partial charge in [-0.05, 0) is 35.4 Å². The summed E-state index contributed by atoms with van der Waals surface area (Å²) in [5.74, 6) is -2.02. The van der Waals surface area contributed by atoms with Crippen molar-refractivity contribution in [2.45, 2.75) is 25.7 Å². The van der Waals surface area contributed by atoms with Crippen LogP contribution < -0.4 is 10.5 Å². The fourth-order valence-corrected chi connectivity index (χ4v) is 3.78. The number of carbonyl (C=O) groups excluding carboxylic acids is 1. The maximum atomic E-state index is 12.6. The Labute approximate surface area is 181 Å². The first-order valence-corrected chi connectivity index (χ1v) is 10.4. The largest absolute Gasteiger partial charge is 0.481 e. The van der Waals surface area contributed by atoms with Crippen LogP contribution in [0.4, 0.5) is 0 Å². The van der Waals surface area contributed by atoms with Crippen LogP contribution in [0.5, 0.6) is 5.75 Å². The molecule has 2 aromatic carbocycles. The van der Waals surface area contributed by atoms with E-state index in [-0.39, 0.29) is 28.8 Å². The molecule has 0 aliphatic carbocycles. The summed E-state index contributed by atoms with van der Waals surface area (Å²) in [5.41, 5.74) is 7.80. The normalized spacial score (nSPS) is 19.4. The van der Waals surface area contributed by atoms with Crippen molar-refractivity contribution in [1.29, 1.82) is 0 Å². The number of hydrogen-bond acceptors (Lipinski definition) is 6. The van der Waals surface area contributed by atoms with Gasteiger partial charge in [0.25, 0.3) is 5.91 Å². The lowest BCUT2D eigenvalue weighted by Crippen LogP contribution is -2.42. The zero-order valence-electron chi connectivity index (χ0n) is 17.1. The Hall–Kier alpha value is -2.16. The summed E-state index contributed by atoms with van der Waals surface area (Å²) in [4.78, 5) is 14.3. The maximum absolute atomic E-state index is 12.6. The molecule has 0 spiro atoms. The minimum atomic E-state index is -2.21. The van der Waals surface area contributed by atoms with Gasteiger partial charge in [0.2, 0.25) is 5.79 Å². The van der Waals surface area contributed by atoms with E-state index in [4.69, 9.17) is 26.8 Å². The second-order valence-electron chi connectivity index (χ2n) is 6.89. The Balaban J connectivity index is 0.00000124. The molecule has 4 N–H and O–H groups in total. The first-order chi connectivity index (χ1) is 14.4. The number of halogens is 1. The number of fused-ring (bicyclic) bond motifs is 1. The number of benzene rings is 2. The smallest absolute Gasteiger partial charge is 0.254 e. The van der Waals surface area contributed by atoms with Gasteiger partial charge in [0.15, 0.2) is 6.10 Å². The minimum Gasteiger partial charge on any atom is -0.481 e. The number of nitrogens with zero attached hydrogens (tertiary/aromatic N) is 1. The molecule has 1 saturated heterocycles. The molecule has 8 heteroatoms. The molecule has 1 atom stereocenters. The summed E-state index contributed by atoms with van der Waals surface area (Å²) in [6.45, 7) is 6.20. The third-order valence-corrected chi connectivity index (χ3v) is 5.41. The molecule has 7 nitrogen and oxygen atoms in total. The summed E-state index contributed by atoms with van der Waals surface area (Å²) >= 11 is 6.30. The standard InChI is InChI=1S/C20H21ClN2O5.C2H6/c21-16-10-14(9-15-18(16)28-17(11-22)20(15,25)26)12-1-3-13(4-2-12)19(24)23-5-7-27-8-6-23;1-2/h1-4,9-10,17,25-26H,5-8,11,22H2;1-2H3. The third kappa shape index (κ3) is 4.17. The number of nitrogens with two attached hydrogens (primary N) is 1. The van der Waals surface area contributed by atoms with Crippen LogP contribution in [0.15, 0.2) is 36.4 Å². The van der Waals surface area contributed by atoms with Crippen molar-refractivity contribution in [2.24, 2.45) is 5.73 Å². The number of carbonyl (C=O) groups is 1. The molecular weight excluding hydrogens is 408 g/mol. The third-order valence-electron chi connectivity index (χ3n) is 5.13. The lowest BCUT2D eigenvalue weighted by atomic mass is 9.96. The van der Waals surface area contributed by atoms with Gasteiger partial charge in [-0.2, -0.15) is 0 Å². The van der Waals surface area contributed by atoms with E-state index in [1.54, 1.807) is 41.3 Å². The summed E-state index contributed by atoms with van der Waals surface area (Å²) in [7, 11) is 0. The number of amides is 1. The van der Waals surface area contributed by atoms with Gasteiger partial charge in [-0.3, -0.25) is 4.79 Å². The van der Waals surface area contributed by atoms with E-state index >= 15 is 0 Å². The highest BCUT2D eigenvalue weighted by Gasteiger charge is 2.47. The quantitative estimate of drug-likeness (QED) is 0.640. The van der Waals surface area contributed by atoms with Gasteiger partial charge >= 0.3 is 0 Å². The number of rotatable bonds is 3. The zero-order valence-corrected chi connectivity index (χ0v) is 17.9.